The molecule has 0 bridgehead atoms. The molecule has 0 saturated heterocycles. The number of hydrogen-bond donors (Lipinski definition) is 0. The molecule has 0 N–H and O–H groups in total. The Balaban J connectivity index is 0.000000390. The zero-order valence-electron chi connectivity index (χ0n) is 14.8. The molecule has 0 spiro atoms. The third kappa shape index (κ3) is 7.50. The van der Waals surface area contributed by atoms with E-state index in [0.29, 0.717) is 0 Å². The van der Waals surface area contributed by atoms with Gasteiger partial charge in [0.25, 0.3) is 0 Å². The molecule has 0 aromatic heterocycles. The second-order valence-electron chi connectivity index (χ2n) is 5.44. The van der Waals surface area contributed by atoms with Gasteiger partial charge in [0, 0.05) is 20.4 Å². The first kappa shape index (κ1) is 22.8. The summed E-state index contributed by atoms with van der Waals surface area (Å²) < 4.78 is 7.25. The third-order valence-electron chi connectivity index (χ3n) is 3.74. The second kappa shape index (κ2) is 13.9. The van der Waals surface area contributed by atoms with Crippen molar-refractivity contribution in [3.05, 3.63) is 121 Å². The van der Waals surface area contributed by atoms with Gasteiger partial charge in [-0.3, -0.25) is 0 Å². The van der Waals surface area contributed by atoms with Crippen LogP contribution in [0, 0.1) is 5.46 Å². The largest absolute Gasteiger partial charge is 0.214 e. The van der Waals surface area contributed by atoms with Crippen molar-refractivity contribution in [3.8, 4) is 0 Å². The monoisotopic (exact) mass is 545 g/mol. The van der Waals surface area contributed by atoms with E-state index in [1.54, 1.807) is 0 Å². The fourth-order valence-electron chi connectivity index (χ4n) is 2.64. The van der Waals surface area contributed by atoms with Crippen molar-refractivity contribution in [2.45, 2.75) is 0 Å². The van der Waals surface area contributed by atoms with Gasteiger partial charge in [-0.2, -0.15) is 18.2 Å². The molecule has 2 nitrogen and oxygen atoms in total. The molecular weight excluding hydrogens is 523 g/mol. The third-order valence-corrected chi connectivity index (χ3v) is 6.47. The average Bonchev–Trinajstić information content (AvgIpc) is 3.33. The van der Waals surface area contributed by atoms with Crippen LogP contribution >= 0.6 is 7.92 Å². The summed E-state index contributed by atoms with van der Waals surface area (Å²) in [5.41, 5.74) is 5.75. The maximum Gasteiger partial charge on any atom is 0.102 e. The predicted octanol–water partition coefficient (Wildman–Crippen LogP) is 4.48. The van der Waals surface area contributed by atoms with Crippen molar-refractivity contribution in [2.75, 3.05) is 0 Å². The van der Waals surface area contributed by atoms with Crippen LogP contribution in [0.5, 0.6) is 0 Å². The van der Waals surface area contributed by atoms with E-state index in [2.05, 4.69) is 91.0 Å². The van der Waals surface area contributed by atoms with Gasteiger partial charge >= 0.3 is 10.2 Å². The van der Waals surface area contributed by atoms with Crippen molar-refractivity contribution in [2.24, 2.45) is 0 Å². The topological polar surface area (TPSA) is 43.7 Å². The van der Waals surface area contributed by atoms with Gasteiger partial charge in [0.15, 0.2) is 0 Å². The van der Waals surface area contributed by atoms with Crippen molar-refractivity contribution >= 4 is 23.8 Å². The summed E-state index contributed by atoms with van der Waals surface area (Å²) in [6.45, 7) is 0. The van der Waals surface area contributed by atoms with Crippen LogP contribution in [0.3, 0.4) is 0 Å². The maximum atomic E-state index is 7.25. The van der Waals surface area contributed by atoms with Crippen LogP contribution in [0.25, 0.3) is 0 Å². The Hall–Kier alpha value is -2.23. The summed E-state index contributed by atoms with van der Waals surface area (Å²) in [7, 11) is -0.877. The first-order chi connectivity index (χ1) is 12.9. The molecule has 0 unspecified atom stereocenters. The zero-order chi connectivity index (χ0) is 18.5. The molecule has 0 atom stereocenters. The van der Waals surface area contributed by atoms with Crippen molar-refractivity contribution in [1.29, 1.82) is 5.46 Å². The van der Waals surface area contributed by atoms with E-state index in [-0.39, 0.29) is 20.4 Å². The molecule has 4 aromatic rings. The Morgan fingerprint density at radius 1 is 0.519 bits per heavy atom. The Morgan fingerprint density at radius 3 is 1.04 bits per heavy atom. The normalized spacial score (nSPS) is 9.00. The number of hydrogen-bond acceptors (Lipinski definition) is 1. The Morgan fingerprint density at radius 2 is 0.815 bits per heavy atom. The Kier molecular flexibility index (Phi) is 11.8. The van der Waals surface area contributed by atoms with Crippen LogP contribution in [0.15, 0.2) is 121 Å². The molecule has 0 fully saturated rings. The molecule has 4 heteroatoms. The van der Waals surface area contributed by atoms with Gasteiger partial charge in [-0.1, -0.05) is 54.6 Å². The molecule has 0 aliphatic rings. The first-order valence-electron chi connectivity index (χ1n) is 8.33. The number of nitrogens with zero attached hydrogens (tertiary/aromatic N) is 1. The second-order valence-corrected chi connectivity index (χ2v) is 7.92. The molecule has 4 rings (SSSR count). The molecule has 0 amide bonds. The van der Waals surface area contributed by atoms with E-state index in [4.69, 9.17) is 10.2 Å². The van der Waals surface area contributed by atoms with E-state index in [0.717, 1.165) is 0 Å². The SMILES string of the molecule is N#[O+].[Re].c1cc[cH-]c1.c1ccc([PH+](c2ccccc2)c2ccccc2)cc1. The first-order valence-corrected chi connectivity index (χ1v) is 9.83. The summed E-state index contributed by atoms with van der Waals surface area (Å²) in [5.74, 6) is 0. The fourth-order valence-corrected chi connectivity index (χ4v) is 5.21. The quantitative estimate of drug-likeness (QED) is 0.213. The molecule has 0 saturated carbocycles. The van der Waals surface area contributed by atoms with Crippen LogP contribution in [0.4, 0.5) is 0 Å². The van der Waals surface area contributed by atoms with Gasteiger partial charge in [0.2, 0.25) is 0 Å². The predicted molar refractivity (Wildman–Crippen MR) is 111 cm³/mol. The molecule has 4 aromatic carbocycles. The molecule has 1 radical (unpaired) electrons. The van der Waals surface area contributed by atoms with Crippen LogP contribution in [0.1, 0.15) is 0 Å². The van der Waals surface area contributed by atoms with Gasteiger partial charge < -0.3 is 0 Å². The van der Waals surface area contributed by atoms with E-state index < -0.39 is 7.92 Å². The van der Waals surface area contributed by atoms with E-state index >= 15 is 0 Å². The van der Waals surface area contributed by atoms with Gasteiger partial charge in [-0.05, 0) is 36.4 Å². The Bertz CT molecular complexity index is 739. The van der Waals surface area contributed by atoms with Gasteiger partial charge in [0.1, 0.15) is 15.9 Å². The van der Waals surface area contributed by atoms with E-state index in [1.807, 2.05) is 30.3 Å². The van der Waals surface area contributed by atoms with Gasteiger partial charge in [-0.15, -0.1) is 0 Å². The van der Waals surface area contributed by atoms with Crippen LogP contribution in [-0.4, -0.2) is 0 Å². The standard InChI is InChI=1S/C18H15P.C5H5.NO.Re/c1-4-10-16(11-5-1)19(17-12-6-2-7-13-17)18-14-8-3-9-15-18;1-2-4-5-3-1;1-2;/h1-15H;1-5H;;/q;-1;+1;/p+1. The van der Waals surface area contributed by atoms with Crippen LogP contribution in [-0.2, 0) is 25.2 Å². The van der Waals surface area contributed by atoms with Crippen LogP contribution < -0.4 is 15.9 Å². The fraction of sp³-hybridized carbons (Fsp3) is 0. The molecule has 0 heterocycles. The Labute approximate surface area is 175 Å². The van der Waals surface area contributed by atoms with Gasteiger partial charge in [0.05, 0.1) is 7.92 Å². The van der Waals surface area contributed by atoms with E-state index in [9.17, 15) is 0 Å². The zero-order valence-corrected chi connectivity index (χ0v) is 18.5. The van der Waals surface area contributed by atoms with Gasteiger partial charge in [-0.25, -0.2) is 12.1 Å². The number of rotatable bonds is 3. The van der Waals surface area contributed by atoms with Crippen molar-refractivity contribution in [1.82, 2.24) is 0 Å². The molecule has 27 heavy (non-hydrogen) atoms. The smallest absolute Gasteiger partial charge is 0.102 e. The maximum absolute atomic E-state index is 7.25. The van der Waals surface area contributed by atoms with E-state index in [1.165, 1.54) is 15.9 Å². The summed E-state index contributed by atoms with van der Waals surface area (Å²) in [4.78, 5) is 0. The van der Waals surface area contributed by atoms with Crippen molar-refractivity contribution < 1.29 is 25.2 Å². The summed E-state index contributed by atoms with van der Waals surface area (Å²) in [6, 6.07) is 42.5. The molecular formula is C23H21NOPRe+. The number of benzene rings is 3. The summed E-state index contributed by atoms with van der Waals surface area (Å²) in [6.07, 6.45) is 0. The molecule has 135 valence electrons. The van der Waals surface area contributed by atoms with Crippen LogP contribution in [0.2, 0.25) is 0 Å². The minimum absolute atomic E-state index is 0. The molecule has 0 aliphatic heterocycles. The van der Waals surface area contributed by atoms with Crippen molar-refractivity contribution in [3.63, 3.8) is 0 Å². The minimum atomic E-state index is -0.877. The average molecular weight is 545 g/mol. The summed E-state index contributed by atoms with van der Waals surface area (Å²) >= 11 is 0. The summed E-state index contributed by atoms with van der Waals surface area (Å²) in [5, 5.41) is 4.31. The molecule has 0 aliphatic carbocycles. The minimum Gasteiger partial charge on any atom is -0.214 e.